The van der Waals surface area contributed by atoms with Gasteiger partial charge in [0.05, 0.1) is 12.1 Å². The number of pyridine rings is 1. The molecule has 3 rings (SSSR count). The molecule has 0 aliphatic heterocycles. The summed E-state index contributed by atoms with van der Waals surface area (Å²) in [4.78, 5) is 21.7. The lowest BCUT2D eigenvalue weighted by molar-refractivity contribution is -0.115. The van der Waals surface area contributed by atoms with Crippen molar-refractivity contribution in [3.63, 3.8) is 0 Å². The molecule has 6 heteroatoms. The van der Waals surface area contributed by atoms with Crippen LogP contribution in [0.15, 0.2) is 48.8 Å². The first-order valence-electron chi connectivity index (χ1n) is 7.04. The Morgan fingerprint density at radius 2 is 1.87 bits per heavy atom. The molecule has 23 heavy (non-hydrogen) atoms. The fourth-order valence-corrected chi connectivity index (χ4v) is 3.29. The lowest BCUT2D eigenvalue weighted by atomic mass is 10.2. The molecule has 0 aliphatic carbocycles. The van der Waals surface area contributed by atoms with Crippen LogP contribution >= 0.6 is 22.9 Å². The van der Waals surface area contributed by atoms with Gasteiger partial charge < -0.3 is 5.32 Å². The van der Waals surface area contributed by atoms with Gasteiger partial charge in [0.2, 0.25) is 5.91 Å². The molecule has 0 unspecified atom stereocenters. The van der Waals surface area contributed by atoms with E-state index in [9.17, 15) is 4.79 Å². The molecule has 1 N–H and O–H groups in total. The van der Waals surface area contributed by atoms with Crippen LogP contribution in [-0.2, 0) is 11.2 Å². The van der Waals surface area contributed by atoms with Crippen LogP contribution in [-0.4, -0.2) is 15.9 Å². The summed E-state index contributed by atoms with van der Waals surface area (Å²) in [6.07, 6.45) is 3.77. The van der Waals surface area contributed by atoms with Gasteiger partial charge in [0.25, 0.3) is 0 Å². The Morgan fingerprint density at radius 1 is 1.17 bits per heavy atom. The first-order chi connectivity index (χ1) is 11.1. The zero-order valence-electron chi connectivity index (χ0n) is 12.4. The van der Waals surface area contributed by atoms with Gasteiger partial charge in [0.1, 0.15) is 5.01 Å². The topological polar surface area (TPSA) is 54.9 Å². The van der Waals surface area contributed by atoms with E-state index < -0.39 is 0 Å². The first kappa shape index (κ1) is 15.6. The summed E-state index contributed by atoms with van der Waals surface area (Å²) >= 11 is 7.37. The van der Waals surface area contributed by atoms with Gasteiger partial charge in [-0.3, -0.25) is 9.78 Å². The summed E-state index contributed by atoms with van der Waals surface area (Å²) in [7, 11) is 0. The Labute approximate surface area is 143 Å². The Balaban J connectivity index is 1.71. The second kappa shape index (κ2) is 6.89. The molecule has 2 aromatic heterocycles. The summed E-state index contributed by atoms with van der Waals surface area (Å²) in [6, 6.07) is 10.9. The van der Waals surface area contributed by atoms with E-state index in [-0.39, 0.29) is 5.91 Å². The minimum Gasteiger partial charge on any atom is -0.326 e. The SMILES string of the molecule is Cc1nc(-c2ccncc2)sc1CC(=O)Nc1ccc(Cl)cc1. The molecule has 0 saturated heterocycles. The molecule has 0 spiro atoms. The van der Waals surface area contributed by atoms with Crippen LogP contribution in [0.1, 0.15) is 10.6 Å². The van der Waals surface area contributed by atoms with Crippen LogP contribution in [0.25, 0.3) is 10.6 Å². The van der Waals surface area contributed by atoms with Crippen LogP contribution in [0.3, 0.4) is 0 Å². The van der Waals surface area contributed by atoms with E-state index in [1.807, 2.05) is 19.1 Å². The zero-order chi connectivity index (χ0) is 16.2. The predicted molar refractivity (Wildman–Crippen MR) is 93.9 cm³/mol. The minimum absolute atomic E-state index is 0.0691. The number of thiazole rings is 1. The van der Waals surface area contributed by atoms with Crippen molar-refractivity contribution in [3.05, 3.63) is 64.4 Å². The van der Waals surface area contributed by atoms with Gasteiger partial charge in [-0.1, -0.05) is 11.6 Å². The van der Waals surface area contributed by atoms with Gasteiger partial charge in [0, 0.05) is 33.5 Å². The number of aryl methyl sites for hydroxylation is 1. The molecule has 116 valence electrons. The van der Waals surface area contributed by atoms with Gasteiger partial charge in [-0.05, 0) is 43.3 Å². The van der Waals surface area contributed by atoms with E-state index >= 15 is 0 Å². The Hall–Kier alpha value is -2.24. The molecule has 1 aromatic carbocycles. The fraction of sp³-hybridized carbons (Fsp3) is 0.118. The molecule has 1 amide bonds. The Bertz CT molecular complexity index is 816. The van der Waals surface area contributed by atoms with E-state index in [2.05, 4.69) is 15.3 Å². The molecule has 0 radical (unpaired) electrons. The second-order valence-corrected chi connectivity index (χ2v) is 6.52. The highest BCUT2D eigenvalue weighted by Gasteiger charge is 2.13. The van der Waals surface area contributed by atoms with Crippen LogP contribution < -0.4 is 5.32 Å². The summed E-state index contributed by atoms with van der Waals surface area (Å²) in [6.45, 7) is 1.92. The van der Waals surface area contributed by atoms with E-state index in [0.717, 1.165) is 26.8 Å². The first-order valence-corrected chi connectivity index (χ1v) is 8.23. The summed E-state index contributed by atoms with van der Waals surface area (Å²) < 4.78 is 0. The highest BCUT2D eigenvalue weighted by atomic mass is 35.5. The number of rotatable bonds is 4. The number of hydrogen-bond donors (Lipinski definition) is 1. The predicted octanol–water partition coefficient (Wildman–Crippen LogP) is 4.35. The molecular formula is C17H14ClN3OS. The quantitative estimate of drug-likeness (QED) is 0.766. The van der Waals surface area contributed by atoms with Gasteiger partial charge >= 0.3 is 0 Å². The van der Waals surface area contributed by atoms with Gasteiger partial charge in [0.15, 0.2) is 0 Å². The van der Waals surface area contributed by atoms with Gasteiger partial charge in [-0.15, -0.1) is 11.3 Å². The van der Waals surface area contributed by atoms with Crippen LogP contribution in [0.5, 0.6) is 0 Å². The maximum atomic E-state index is 12.2. The number of carbonyl (C=O) groups is 1. The number of hydrogen-bond acceptors (Lipinski definition) is 4. The van der Waals surface area contributed by atoms with Crippen molar-refractivity contribution >= 4 is 34.5 Å². The lowest BCUT2D eigenvalue weighted by Gasteiger charge is -2.04. The van der Waals surface area contributed by atoms with Gasteiger partial charge in [-0.2, -0.15) is 0 Å². The average molecular weight is 344 g/mol. The maximum absolute atomic E-state index is 12.2. The number of aromatic nitrogens is 2. The molecule has 2 heterocycles. The number of nitrogens with zero attached hydrogens (tertiary/aromatic N) is 2. The van der Waals surface area contributed by atoms with Crippen molar-refractivity contribution in [2.75, 3.05) is 5.32 Å². The fourth-order valence-electron chi connectivity index (χ4n) is 2.09. The van der Waals surface area contributed by atoms with E-state index in [1.165, 1.54) is 11.3 Å². The Kier molecular flexibility index (Phi) is 4.69. The number of carbonyl (C=O) groups excluding carboxylic acids is 1. The highest BCUT2D eigenvalue weighted by molar-refractivity contribution is 7.15. The number of halogens is 1. The third kappa shape index (κ3) is 3.94. The van der Waals surface area contributed by atoms with Crippen molar-refractivity contribution < 1.29 is 4.79 Å². The minimum atomic E-state index is -0.0691. The maximum Gasteiger partial charge on any atom is 0.229 e. The molecule has 3 aromatic rings. The summed E-state index contributed by atoms with van der Waals surface area (Å²) in [5.41, 5.74) is 2.63. The summed E-state index contributed by atoms with van der Waals surface area (Å²) in [5, 5.41) is 4.41. The van der Waals surface area contributed by atoms with Crippen LogP contribution in [0, 0.1) is 6.92 Å². The molecule has 0 saturated carbocycles. The molecule has 0 bridgehead atoms. The molecule has 0 aliphatic rings. The number of nitrogens with one attached hydrogen (secondary N) is 1. The normalized spacial score (nSPS) is 10.5. The van der Waals surface area contributed by atoms with Crippen molar-refractivity contribution in [2.45, 2.75) is 13.3 Å². The molecule has 0 fully saturated rings. The average Bonchev–Trinajstić information content (AvgIpc) is 2.91. The standard InChI is InChI=1S/C17H14ClN3OS/c1-11-15(23-17(20-11)12-6-8-19-9-7-12)10-16(22)21-14-4-2-13(18)3-5-14/h2-9H,10H2,1H3,(H,21,22). The van der Waals surface area contributed by atoms with E-state index in [0.29, 0.717) is 11.4 Å². The highest BCUT2D eigenvalue weighted by Crippen LogP contribution is 2.28. The number of benzene rings is 1. The third-order valence-electron chi connectivity index (χ3n) is 3.27. The Morgan fingerprint density at radius 3 is 2.57 bits per heavy atom. The molecule has 0 atom stereocenters. The smallest absolute Gasteiger partial charge is 0.229 e. The molecular weight excluding hydrogens is 330 g/mol. The zero-order valence-corrected chi connectivity index (χ0v) is 14.0. The van der Waals surface area contributed by atoms with E-state index in [1.54, 1.807) is 36.7 Å². The lowest BCUT2D eigenvalue weighted by Crippen LogP contribution is -2.14. The number of amides is 1. The number of anilines is 1. The monoisotopic (exact) mass is 343 g/mol. The van der Waals surface area contributed by atoms with Crippen molar-refractivity contribution in [2.24, 2.45) is 0 Å². The largest absolute Gasteiger partial charge is 0.326 e. The second-order valence-electron chi connectivity index (χ2n) is 5.00. The van der Waals surface area contributed by atoms with Crippen molar-refractivity contribution in [3.8, 4) is 10.6 Å². The van der Waals surface area contributed by atoms with Crippen molar-refractivity contribution in [1.82, 2.24) is 9.97 Å². The molecule has 4 nitrogen and oxygen atoms in total. The van der Waals surface area contributed by atoms with Crippen LogP contribution in [0.4, 0.5) is 5.69 Å². The summed E-state index contributed by atoms with van der Waals surface area (Å²) in [5.74, 6) is -0.0691. The van der Waals surface area contributed by atoms with Crippen molar-refractivity contribution in [1.29, 1.82) is 0 Å². The van der Waals surface area contributed by atoms with Crippen LogP contribution in [0.2, 0.25) is 5.02 Å². The third-order valence-corrected chi connectivity index (χ3v) is 4.73. The van der Waals surface area contributed by atoms with E-state index in [4.69, 9.17) is 11.6 Å². The van der Waals surface area contributed by atoms with Gasteiger partial charge in [-0.25, -0.2) is 4.98 Å².